The summed E-state index contributed by atoms with van der Waals surface area (Å²) in [5.41, 5.74) is 5.67. The monoisotopic (exact) mass is 957 g/mol. The van der Waals surface area contributed by atoms with Crippen LogP contribution in [0.15, 0.2) is 79.1 Å². The number of fused-ring (bicyclic) bond motifs is 2. The van der Waals surface area contributed by atoms with Gasteiger partial charge in [-0.15, -0.1) is 40.0 Å². The Morgan fingerprint density at radius 2 is 1.68 bits per heavy atom. The molecule has 0 spiro atoms. The summed E-state index contributed by atoms with van der Waals surface area (Å²) in [4.78, 5) is 57.7. The molecule has 2 aliphatic heterocycles. The van der Waals surface area contributed by atoms with E-state index in [1.807, 2.05) is 0 Å². The number of rotatable bonds is 15. The molecular formula is C33H30N10NaO13S5. The molecule has 9 N–H and O–H groups in total. The van der Waals surface area contributed by atoms with Gasteiger partial charge >= 0.3 is 5.97 Å². The second-order valence-electron chi connectivity index (χ2n) is 12.9. The quantitative estimate of drug-likeness (QED) is 0.0131. The van der Waals surface area contributed by atoms with Gasteiger partial charge in [-0.3, -0.25) is 14.5 Å². The van der Waals surface area contributed by atoms with Crippen molar-refractivity contribution in [3.63, 3.8) is 0 Å². The Balaban J connectivity index is 0.00000641. The molecule has 1 saturated heterocycles. The number of phenolic OH excluding ortho intramolecular Hbond substituents is 4. The number of nitrogen functional groups attached to an aromatic ring is 1. The number of hydrogen-bond acceptors (Lipinski definition) is 21. The summed E-state index contributed by atoms with van der Waals surface area (Å²) in [5, 5.41) is 60.3. The van der Waals surface area contributed by atoms with Gasteiger partial charge in [-0.05, 0) is 42.8 Å². The number of oxime groups is 1. The number of amides is 2. The summed E-state index contributed by atoms with van der Waals surface area (Å²) in [7, 11) is -8.41. The van der Waals surface area contributed by atoms with Crippen LogP contribution in [-0.2, 0) is 45.6 Å². The van der Waals surface area contributed by atoms with Crippen LogP contribution < -0.4 is 15.8 Å². The molecule has 23 nitrogen and oxygen atoms in total. The Hall–Kier alpha value is -5.20. The van der Waals surface area contributed by atoms with Gasteiger partial charge in [0, 0.05) is 64.3 Å². The zero-order chi connectivity index (χ0) is 44.0. The molecule has 2 aromatic carbocycles. The van der Waals surface area contributed by atoms with Crippen molar-refractivity contribution >= 4 is 119 Å². The van der Waals surface area contributed by atoms with E-state index in [1.165, 1.54) is 21.7 Å². The van der Waals surface area contributed by atoms with Crippen LogP contribution in [0.5, 0.6) is 23.0 Å². The van der Waals surface area contributed by atoms with Crippen molar-refractivity contribution in [2.45, 2.75) is 39.7 Å². The number of aryl methyl sites for hydroxylation is 1. The number of sulfone groups is 1. The fraction of sp³-hybridized carbons (Fsp3) is 0.212. The number of nitrogens with two attached hydrogens (primary N) is 1. The van der Waals surface area contributed by atoms with Gasteiger partial charge in [0.1, 0.15) is 27.8 Å². The van der Waals surface area contributed by atoms with E-state index in [4.69, 9.17) is 10.6 Å². The number of β-lactam (4-membered cyclic amide) rings is 1. The maximum Gasteiger partial charge on any atom is 0.352 e. The normalized spacial score (nSPS) is 16.7. The maximum atomic E-state index is 13.5. The van der Waals surface area contributed by atoms with Gasteiger partial charge in [-0.1, -0.05) is 5.16 Å². The molecule has 0 bridgehead atoms. The van der Waals surface area contributed by atoms with Gasteiger partial charge < -0.3 is 41.4 Å². The van der Waals surface area contributed by atoms with E-state index in [0.717, 1.165) is 64.4 Å². The summed E-state index contributed by atoms with van der Waals surface area (Å²) in [6.45, 7) is 1.32. The molecule has 0 saturated carbocycles. The number of aromatic hydroxyl groups is 4. The summed E-state index contributed by atoms with van der Waals surface area (Å²) in [5.74, 6) is -6.31. The molecule has 1 fully saturated rings. The molecular weight excluding hydrogens is 928 g/mol. The van der Waals surface area contributed by atoms with Crippen LogP contribution in [0.3, 0.4) is 0 Å². The number of carboxylic acid groups (broad SMARTS) is 1. The number of carboxylic acids is 1. The Morgan fingerprint density at radius 1 is 1.00 bits per heavy atom. The number of anilines is 1. The minimum atomic E-state index is -4.26. The second kappa shape index (κ2) is 18.3. The number of phenols is 4. The third kappa shape index (κ3) is 9.56. The minimum Gasteiger partial charge on any atom is -0.504 e. The number of thioether (sulfide) groups is 2. The van der Waals surface area contributed by atoms with E-state index in [9.17, 15) is 56.8 Å². The largest absolute Gasteiger partial charge is 0.504 e. The zero-order valence-electron chi connectivity index (χ0n) is 31.9. The molecule has 5 heterocycles. The molecule has 5 aromatic rings. The van der Waals surface area contributed by atoms with Crippen LogP contribution in [0.2, 0.25) is 0 Å². The molecule has 62 heavy (non-hydrogen) atoms. The first kappa shape index (κ1) is 46.3. The molecule has 2 atom stereocenters. The number of sulfonamides is 1. The van der Waals surface area contributed by atoms with E-state index >= 15 is 0 Å². The Bertz CT molecular complexity index is 2930. The number of nitrogens with one attached hydrogen (secondary N) is 2. The van der Waals surface area contributed by atoms with E-state index < -0.39 is 88.6 Å². The molecule has 2 amide bonds. The molecule has 0 unspecified atom stereocenters. The number of carbonyl (C=O) groups is 3. The van der Waals surface area contributed by atoms with Gasteiger partial charge in [0.15, 0.2) is 39.7 Å². The van der Waals surface area contributed by atoms with Gasteiger partial charge in [0.2, 0.25) is 25.8 Å². The summed E-state index contributed by atoms with van der Waals surface area (Å²) in [6, 6.07) is 6.20. The van der Waals surface area contributed by atoms with Gasteiger partial charge in [0.05, 0.1) is 16.3 Å². The van der Waals surface area contributed by atoms with Gasteiger partial charge in [-0.25, -0.2) is 36.3 Å². The third-order valence-electron chi connectivity index (χ3n) is 8.71. The number of aromatic nitrogens is 5. The first-order valence-corrected chi connectivity index (χ1v) is 23.1. The number of nitrogens with zero attached hydrogens (tertiary/aromatic N) is 7. The Morgan fingerprint density at radius 3 is 2.32 bits per heavy atom. The topological polar surface area (TPSA) is 352 Å². The molecule has 7 rings (SSSR count). The number of aliphatic carboxylic acids is 1. The summed E-state index contributed by atoms with van der Waals surface area (Å²) < 4.78 is 54.8. The summed E-state index contributed by atoms with van der Waals surface area (Å²) in [6.07, 6.45) is 0. The maximum absolute atomic E-state index is 13.5. The van der Waals surface area contributed by atoms with Crippen molar-refractivity contribution in [2.75, 3.05) is 23.2 Å². The van der Waals surface area contributed by atoms with Gasteiger partial charge in [0.25, 0.3) is 17.6 Å². The average Bonchev–Trinajstić information content (AvgIpc) is 3.83. The van der Waals surface area contributed by atoms with Crippen LogP contribution in [0.4, 0.5) is 5.13 Å². The van der Waals surface area contributed by atoms with E-state index in [1.54, 1.807) is 13.0 Å². The number of hydrogen-bond donors (Lipinski definition) is 8. The average molecular weight is 958 g/mol. The van der Waals surface area contributed by atoms with Crippen molar-refractivity contribution < 1.29 is 61.6 Å². The first-order valence-electron chi connectivity index (χ1n) is 17.1. The predicted octanol–water partition coefficient (Wildman–Crippen LogP) is 0.0745. The molecule has 1 radical (unpaired) electrons. The first-order chi connectivity index (χ1) is 28.8. The van der Waals surface area contributed by atoms with Crippen molar-refractivity contribution in [3.05, 3.63) is 76.3 Å². The van der Waals surface area contributed by atoms with Crippen LogP contribution in [0.25, 0.3) is 5.78 Å². The van der Waals surface area contributed by atoms with E-state index in [0.29, 0.717) is 16.3 Å². The fourth-order valence-corrected chi connectivity index (χ4v) is 10.8. The molecule has 0 aliphatic carbocycles. The van der Waals surface area contributed by atoms with Crippen LogP contribution >= 0.6 is 34.9 Å². The number of benzene rings is 2. The van der Waals surface area contributed by atoms with Crippen molar-refractivity contribution in [1.82, 2.24) is 39.5 Å². The Labute approximate surface area is 384 Å². The Kier molecular flexibility index (Phi) is 13.6. The van der Waals surface area contributed by atoms with Crippen LogP contribution in [0.1, 0.15) is 17.2 Å². The van der Waals surface area contributed by atoms with Crippen LogP contribution in [0, 0.1) is 6.92 Å². The van der Waals surface area contributed by atoms with Gasteiger partial charge in [-0.2, -0.15) is 9.50 Å². The van der Waals surface area contributed by atoms with Crippen LogP contribution in [-0.4, -0.2) is 154 Å². The molecule has 321 valence electrons. The smallest absolute Gasteiger partial charge is 0.352 e. The number of carbonyl (C=O) groups excluding carboxylic acids is 2. The number of thiazole rings is 1. The fourth-order valence-electron chi connectivity index (χ4n) is 5.78. The summed E-state index contributed by atoms with van der Waals surface area (Å²) >= 11 is 3.27. The SMILES string of the molecule is Cc1cc(SCC2=C(C(=O)O)N3C(=O)[C@@H](NC(=O)C(=NOCS(=O)(=O)c4ccc(O)c(O)c4)c4csc(N)n4)[C@H]3SC2)n2nc(CNS(=O)(=O)c3ccc(O)c(O)c3)nc2n1.[Na]. The third-order valence-corrected chi connectivity index (χ3v) is 14.6. The zero-order valence-corrected chi connectivity index (χ0v) is 37.9. The molecule has 2 aliphatic rings. The van der Waals surface area contributed by atoms with Crippen molar-refractivity contribution in [3.8, 4) is 23.0 Å². The van der Waals surface area contributed by atoms with Crippen molar-refractivity contribution in [1.29, 1.82) is 0 Å². The predicted molar refractivity (Wildman–Crippen MR) is 221 cm³/mol. The van der Waals surface area contributed by atoms with E-state index in [2.05, 4.69) is 35.2 Å². The van der Waals surface area contributed by atoms with E-state index in [-0.39, 0.29) is 80.6 Å². The standard InChI is InChI=1S/C33H30N10O13S5.Na/c1-14-6-24(43-33(36-14)38-23(40-43)9-35-61(54,55)17-3-5-20(45)22(47)8-17)57-10-15-11-58-30-26(29(49)42(30)27(15)31(50)51)39-28(48)25(18-12-59-32(34)37-18)41-56-13-60(52,53)16-2-4-19(44)21(46)7-16;/h2-8,12,26,30,35,44-47H,9-11,13H2,1H3,(H2,34,37)(H,39,48)(H,50,51);/t26-,30-;/m1./s1. The molecule has 3 aromatic heterocycles. The second-order valence-corrected chi connectivity index (χ2v) is 19.6. The molecule has 29 heteroatoms. The van der Waals surface area contributed by atoms with Crippen molar-refractivity contribution in [2.24, 2.45) is 5.16 Å². The minimum absolute atomic E-state index is 0.